The van der Waals surface area contributed by atoms with Crippen molar-refractivity contribution < 1.29 is 19.5 Å². The Bertz CT molecular complexity index is 356. The van der Waals surface area contributed by atoms with Gasteiger partial charge >= 0.3 is 5.97 Å². The lowest BCUT2D eigenvalue weighted by molar-refractivity contribution is -0.142. The number of carbonyl (C=O) groups is 3. The highest BCUT2D eigenvalue weighted by atomic mass is 16.4. The first-order valence-corrected chi connectivity index (χ1v) is 5.90. The van der Waals surface area contributed by atoms with Gasteiger partial charge in [0.05, 0.1) is 6.04 Å². The number of likely N-dealkylation sites (N-methyl/N-ethyl adjacent to an activating group) is 1. The monoisotopic (exact) mass is 273 g/mol. The van der Waals surface area contributed by atoms with Gasteiger partial charge in [0.25, 0.3) is 5.91 Å². The molecule has 0 aromatic rings. The first-order valence-electron chi connectivity index (χ1n) is 5.90. The molecular weight excluding hydrogens is 254 g/mol. The van der Waals surface area contributed by atoms with E-state index in [1.54, 1.807) is 7.05 Å². The quantitative estimate of drug-likeness (QED) is 0.529. The Labute approximate surface area is 110 Å². The van der Waals surface area contributed by atoms with Crippen molar-refractivity contribution in [3.63, 3.8) is 0 Å². The number of carbonyl (C=O) groups excluding carboxylic acids is 2. The Hall–Kier alpha value is -1.83. The van der Waals surface area contributed by atoms with Crippen LogP contribution in [0.5, 0.6) is 0 Å². The molecule has 8 nitrogen and oxygen atoms in total. The summed E-state index contributed by atoms with van der Waals surface area (Å²) < 4.78 is 0. The minimum Gasteiger partial charge on any atom is -0.480 e. The van der Waals surface area contributed by atoms with Crippen LogP contribution in [0.4, 0.5) is 0 Å². The van der Waals surface area contributed by atoms with Crippen LogP contribution in [0.1, 0.15) is 26.7 Å². The minimum absolute atomic E-state index is 0.0160. The van der Waals surface area contributed by atoms with Gasteiger partial charge < -0.3 is 15.7 Å². The highest BCUT2D eigenvalue weighted by Crippen LogP contribution is 2.04. The number of nitrogens with zero attached hydrogens (tertiary/aromatic N) is 1. The largest absolute Gasteiger partial charge is 0.480 e. The zero-order chi connectivity index (χ0) is 15.0. The predicted molar refractivity (Wildman–Crippen MR) is 67.3 cm³/mol. The number of amides is 2. The third kappa shape index (κ3) is 6.05. The Balaban J connectivity index is 4.57. The molecule has 0 aliphatic rings. The van der Waals surface area contributed by atoms with Gasteiger partial charge in [0.2, 0.25) is 5.91 Å². The van der Waals surface area contributed by atoms with E-state index in [1.165, 1.54) is 0 Å². The van der Waals surface area contributed by atoms with Gasteiger partial charge in [-0.25, -0.2) is 4.79 Å². The van der Waals surface area contributed by atoms with E-state index in [1.807, 2.05) is 13.8 Å². The molecule has 0 spiro atoms. The Morgan fingerprint density at radius 2 is 1.84 bits per heavy atom. The molecule has 0 bridgehead atoms. The topological polar surface area (TPSA) is 125 Å². The fraction of sp³-hybridized carbons (Fsp3) is 0.727. The van der Waals surface area contributed by atoms with Crippen LogP contribution in [0.15, 0.2) is 5.18 Å². The zero-order valence-electron chi connectivity index (χ0n) is 11.2. The zero-order valence-corrected chi connectivity index (χ0v) is 11.2. The van der Waals surface area contributed by atoms with Crippen molar-refractivity contribution in [2.75, 3.05) is 7.05 Å². The van der Waals surface area contributed by atoms with Gasteiger partial charge in [-0.1, -0.05) is 13.8 Å². The van der Waals surface area contributed by atoms with E-state index in [4.69, 9.17) is 5.11 Å². The Kier molecular flexibility index (Phi) is 7.50. The summed E-state index contributed by atoms with van der Waals surface area (Å²) in [6.45, 7) is 3.63. The van der Waals surface area contributed by atoms with Crippen molar-refractivity contribution in [2.24, 2.45) is 11.1 Å². The van der Waals surface area contributed by atoms with E-state index in [0.29, 0.717) is 0 Å². The molecule has 2 amide bonds. The number of carboxylic acid groups (broad SMARTS) is 1. The van der Waals surface area contributed by atoms with Crippen LogP contribution >= 0.6 is 0 Å². The SMILES string of the molecule is CNC(C(=O)NC(CCC(=O)N=O)C(=O)O)C(C)C. The number of nitroso groups, excluding NO2 is 1. The van der Waals surface area contributed by atoms with Gasteiger partial charge in [-0.15, -0.1) is 4.91 Å². The van der Waals surface area contributed by atoms with Crippen molar-refractivity contribution in [1.29, 1.82) is 0 Å². The molecule has 19 heavy (non-hydrogen) atoms. The molecule has 0 fully saturated rings. The fourth-order valence-corrected chi connectivity index (χ4v) is 1.60. The molecule has 0 aromatic heterocycles. The summed E-state index contributed by atoms with van der Waals surface area (Å²) in [4.78, 5) is 43.4. The van der Waals surface area contributed by atoms with Crippen molar-refractivity contribution >= 4 is 17.8 Å². The molecule has 0 aromatic carbocycles. The van der Waals surface area contributed by atoms with Crippen LogP contribution in [0, 0.1) is 10.8 Å². The summed E-state index contributed by atoms with van der Waals surface area (Å²) in [7, 11) is 1.60. The molecule has 108 valence electrons. The van der Waals surface area contributed by atoms with Crippen LogP contribution in [0.25, 0.3) is 0 Å². The molecule has 0 saturated carbocycles. The van der Waals surface area contributed by atoms with Crippen LogP contribution in [-0.2, 0) is 14.4 Å². The molecule has 0 aliphatic heterocycles. The van der Waals surface area contributed by atoms with Gasteiger partial charge in [0, 0.05) is 11.6 Å². The maximum atomic E-state index is 11.8. The molecule has 2 unspecified atom stereocenters. The summed E-state index contributed by atoms with van der Waals surface area (Å²) in [5, 5.41) is 16.2. The third-order valence-corrected chi connectivity index (χ3v) is 2.62. The van der Waals surface area contributed by atoms with E-state index in [0.717, 1.165) is 0 Å². The second kappa shape index (κ2) is 8.30. The maximum absolute atomic E-state index is 11.8. The van der Waals surface area contributed by atoms with E-state index >= 15 is 0 Å². The van der Waals surface area contributed by atoms with Crippen LogP contribution in [0.2, 0.25) is 0 Å². The molecule has 0 saturated heterocycles. The van der Waals surface area contributed by atoms with Crippen LogP contribution in [-0.4, -0.2) is 42.0 Å². The maximum Gasteiger partial charge on any atom is 0.326 e. The highest BCUT2D eigenvalue weighted by molar-refractivity contribution is 5.87. The number of nitrogens with one attached hydrogen (secondary N) is 2. The molecule has 2 atom stereocenters. The molecule has 3 N–H and O–H groups in total. The second-order valence-electron chi connectivity index (χ2n) is 4.43. The third-order valence-electron chi connectivity index (χ3n) is 2.62. The summed E-state index contributed by atoms with van der Waals surface area (Å²) in [5.74, 6) is -2.67. The predicted octanol–water partition coefficient (Wildman–Crippen LogP) is -0.127. The standard InChI is InChI=1S/C11H19N3O5/c1-6(2)9(12-3)10(16)13-7(11(17)18)4-5-8(15)14-19/h6-7,9,12H,4-5H2,1-3H3,(H,13,16)(H,17,18). The van der Waals surface area contributed by atoms with Crippen molar-refractivity contribution in [3.05, 3.63) is 4.91 Å². The first kappa shape index (κ1) is 17.2. The summed E-state index contributed by atoms with van der Waals surface area (Å²) in [5.41, 5.74) is 0. The van der Waals surface area contributed by atoms with E-state index in [2.05, 4.69) is 15.8 Å². The summed E-state index contributed by atoms with van der Waals surface area (Å²) in [6, 6.07) is -1.74. The number of hydrogen-bond acceptors (Lipinski definition) is 5. The molecule has 0 heterocycles. The van der Waals surface area contributed by atoms with Crippen LogP contribution in [0.3, 0.4) is 0 Å². The van der Waals surface area contributed by atoms with Gasteiger partial charge in [0.15, 0.2) is 0 Å². The number of hydrogen-bond donors (Lipinski definition) is 3. The molecular formula is C11H19N3O5. The summed E-state index contributed by atoms with van der Waals surface area (Å²) in [6.07, 6.45) is -0.479. The lowest BCUT2D eigenvalue weighted by Gasteiger charge is -2.22. The van der Waals surface area contributed by atoms with Gasteiger partial charge in [-0.3, -0.25) is 9.59 Å². The lowest BCUT2D eigenvalue weighted by Crippen LogP contribution is -2.51. The molecule has 8 heteroatoms. The fourth-order valence-electron chi connectivity index (χ4n) is 1.60. The second-order valence-corrected chi connectivity index (χ2v) is 4.43. The van der Waals surface area contributed by atoms with Crippen LogP contribution < -0.4 is 10.6 Å². The van der Waals surface area contributed by atoms with Gasteiger partial charge in [-0.2, -0.15) is 0 Å². The molecule has 0 radical (unpaired) electrons. The average molecular weight is 273 g/mol. The normalized spacial score (nSPS) is 13.7. The van der Waals surface area contributed by atoms with Crippen molar-refractivity contribution in [2.45, 2.75) is 38.8 Å². The van der Waals surface area contributed by atoms with Crippen molar-refractivity contribution in [3.8, 4) is 0 Å². The first-order chi connectivity index (χ1) is 8.83. The minimum atomic E-state index is -1.26. The highest BCUT2D eigenvalue weighted by Gasteiger charge is 2.26. The Morgan fingerprint density at radius 3 is 2.21 bits per heavy atom. The van der Waals surface area contributed by atoms with E-state index < -0.39 is 29.9 Å². The van der Waals surface area contributed by atoms with E-state index in [-0.39, 0.29) is 18.8 Å². The summed E-state index contributed by atoms with van der Waals surface area (Å²) >= 11 is 0. The van der Waals surface area contributed by atoms with Gasteiger partial charge in [-0.05, 0) is 19.4 Å². The number of rotatable bonds is 8. The van der Waals surface area contributed by atoms with E-state index in [9.17, 15) is 19.3 Å². The average Bonchev–Trinajstić information content (AvgIpc) is 2.33. The molecule has 0 aliphatic carbocycles. The van der Waals surface area contributed by atoms with Crippen molar-refractivity contribution in [1.82, 2.24) is 10.6 Å². The van der Waals surface area contributed by atoms with Gasteiger partial charge in [0.1, 0.15) is 6.04 Å². The smallest absolute Gasteiger partial charge is 0.326 e. The molecule has 0 rings (SSSR count). The Morgan fingerprint density at radius 1 is 1.26 bits per heavy atom. The number of aliphatic carboxylic acids is 1. The lowest BCUT2D eigenvalue weighted by atomic mass is 10.0. The number of carboxylic acids is 1.